The number of rotatable bonds is 4. The number of hydrogen-bond acceptors (Lipinski definition) is 6. The van der Waals surface area contributed by atoms with Crippen LogP contribution in [0.5, 0.6) is 5.75 Å². The SMILES string of the molecule is NC1=N[C@@]2(CC(c3ccccc3)Oc3ccc(CC(=O)c4ccc(Cl)cn4)cc32)C(F)(F)CO1. The van der Waals surface area contributed by atoms with Crippen LogP contribution in [-0.2, 0) is 16.7 Å². The van der Waals surface area contributed by atoms with E-state index in [0.717, 1.165) is 5.56 Å². The van der Waals surface area contributed by atoms with Gasteiger partial charge in [0, 0.05) is 24.6 Å². The molecule has 0 radical (unpaired) electrons. The van der Waals surface area contributed by atoms with E-state index in [0.29, 0.717) is 10.6 Å². The van der Waals surface area contributed by atoms with Crippen LogP contribution in [0.15, 0.2) is 71.9 Å². The third-order valence-corrected chi connectivity index (χ3v) is 6.32. The third-order valence-electron chi connectivity index (χ3n) is 6.10. The smallest absolute Gasteiger partial charge is 0.310 e. The molecule has 9 heteroatoms. The van der Waals surface area contributed by atoms with E-state index in [1.54, 1.807) is 24.3 Å². The summed E-state index contributed by atoms with van der Waals surface area (Å²) in [6, 6.07) is 16.7. The molecular weight excluding hydrogens is 464 g/mol. The summed E-state index contributed by atoms with van der Waals surface area (Å²) < 4.78 is 42.1. The van der Waals surface area contributed by atoms with Crippen LogP contribution in [0.3, 0.4) is 0 Å². The number of alkyl halides is 2. The van der Waals surface area contributed by atoms with E-state index in [1.165, 1.54) is 12.3 Å². The molecule has 0 amide bonds. The van der Waals surface area contributed by atoms with E-state index < -0.39 is 24.2 Å². The first kappa shape index (κ1) is 22.3. The van der Waals surface area contributed by atoms with Crippen molar-refractivity contribution >= 4 is 23.4 Å². The first-order valence-corrected chi connectivity index (χ1v) is 11.0. The van der Waals surface area contributed by atoms with Gasteiger partial charge in [-0.25, -0.2) is 4.99 Å². The van der Waals surface area contributed by atoms with Crippen molar-refractivity contribution in [3.63, 3.8) is 0 Å². The highest BCUT2D eigenvalue weighted by molar-refractivity contribution is 6.30. The summed E-state index contributed by atoms with van der Waals surface area (Å²) in [6.45, 7) is -0.902. The standard InChI is InChI=1S/C25H20ClF2N3O3/c26-17-7-8-19(30-13-17)20(32)11-15-6-9-21-18(10-15)24(25(27,28)14-33-23(29)31-24)12-22(34-21)16-4-2-1-3-5-16/h1-10,13,22H,11-12,14H2,(H2,29,31)/t22?,24-/m1/s1. The lowest BCUT2D eigenvalue weighted by molar-refractivity contribution is -0.139. The van der Waals surface area contributed by atoms with Gasteiger partial charge in [-0.3, -0.25) is 9.78 Å². The number of carbonyl (C=O) groups is 1. The van der Waals surface area contributed by atoms with E-state index in [9.17, 15) is 4.79 Å². The van der Waals surface area contributed by atoms with Gasteiger partial charge in [0.15, 0.2) is 17.9 Å². The Labute approximate surface area is 199 Å². The van der Waals surface area contributed by atoms with Gasteiger partial charge in [0.2, 0.25) is 0 Å². The minimum Gasteiger partial charge on any atom is -0.485 e. The van der Waals surface area contributed by atoms with Crippen LogP contribution in [-0.4, -0.2) is 29.3 Å². The van der Waals surface area contributed by atoms with Gasteiger partial charge >= 0.3 is 5.92 Å². The van der Waals surface area contributed by atoms with Crippen molar-refractivity contribution in [3.05, 3.63) is 94.3 Å². The highest BCUT2D eigenvalue weighted by Crippen LogP contribution is 2.55. The molecule has 1 spiro atoms. The van der Waals surface area contributed by atoms with Crippen LogP contribution in [0.1, 0.15) is 39.7 Å². The Morgan fingerprint density at radius 1 is 1.15 bits per heavy atom. The molecule has 6 nitrogen and oxygen atoms in total. The molecule has 2 aliphatic heterocycles. The van der Waals surface area contributed by atoms with Crippen LogP contribution >= 0.6 is 11.6 Å². The second-order valence-electron chi connectivity index (χ2n) is 8.32. The molecule has 174 valence electrons. The number of nitrogens with two attached hydrogens (primary N) is 1. The van der Waals surface area contributed by atoms with Crippen LogP contribution < -0.4 is 10.5 Å². The Morgan fingerprint density at radius 2 is 1.94 bits per heavy atom. The number of ketones is 1. The monoisotopic (exact) mass is 483 g/mol. The molecule has 0 saturated carbocycles. The molecule has 3 aromatic rings. The number of aromatic nitrogens is 1. The van der Waals surface area contributed by atoms with Crippen molar-refractivity contribution in [2.45, 2.75) is 30.4 Å². The summed E-state index contributed by atoms with van der Waals surface area (Å²) >= 11 is 5.84. The maximum Gasteiger partial charge on any atom is 0.310 e. The van der Waals surface area contributed by atoms with E-state index in [-0.39, 0.29) is 41.7 Å². The molecule has 0 bridgehead atoms. The minimum atomic E-state index is -3.36. The highest BCUT2D eigenvalue weighted by Gasteiger charge is 2.62. The van der Waals surface area contributed by atoms with E-state index in [4.69, 9.17) is 26.8 Å². The van der Waals surface area contributed by atoms with Crippen molar-refractivity contribution < 1.29 is 23.0 Å². The number of ether oxygens (including phenoxy) is 2. The molecule has 1 unspecified atom stereocenters. The second kappa shape index (κ2) is 8.36. The summed E-state index contributed by atoms with van der Waals surface area (Å²) in [5.74, 6) is -3.37. The molecule has 2 aromatic carbocycles. The van der Waals surface area contributed by atoms with Crippen molar-refractivity contribution in [3.8, 4) is 5.75 Å². The Morgan fingerprint density at radius 3 is 2.68 bits per heavy atom. The first-order chi connectivity index (χ1) is 16.3. The maximum atomic E-state index is 15.6. The normalized spacial score (nSPS) is 22.8. The van der Waals surface area contributed by atoms with E-state index in [1.807, 2.05) is 30.3 Å². The minimum absolute atomic E-state index is 0.0403. The number of pyridine rings is 1. The van der Waals surface area contributed by atoms with Gasteiger partial charge in [-0.15, -0.1) is 0 Å². The number of aliphatic imine (C=N–C) groups is 1. The molecule has 34 heavy (non-hydrogen) atoms. The predicted octanol–water partition coefficient (Wildman–Crippen LogP) is 4.86. The molecule has 0 saturated heterocycles. The Hall–Kier alpha value is -3.52. The van der Waals surface area contributed by atoms with Gasteiger partial charge in [-0.05, 0) is 35.4 Å². The summed E-state index contributed by atoms with van der Waals surface area (Å²) in [4.78, 5) is 20.9. The molecule has 0 fully saturated rings. The molecule has 0 aliphatic carbocycles. The molecule has 5 rings (SSSR count). The van der Waals surface area contributed by atoms with Gasteiger partial charge in [0.25, 0.3) is 6.02 Å². The zero-order valence-electron chi connectivity index (χ0n) is 17.9. The highest BCUT2D eigenvalue weighted by atomic mass is 35.5. The predicted molar refractivity (Wildman–Crippen MR) is 122 cm³/mol. The van der Waals surface area contributed by atoms with Crippen LogP contribution in [0.2, 0.25) is 5.02 Å². The molecule has 3 heterocycles. The molecule has 2 aliphatic rings. The quantitative estimate of drug-likeness (QED) is 0.535. The van der Waals surface area contributed by atoms with E-state index >= 15 is 8.78 Å². The first-order valence-electron chi connectivity index (χ1n) is 10.6. The van der Waals surface area contributed by atoms with Crippen molar-refractivity contribution in [1.29, 1.82) is 0 Å². The zero-order chi connectivity index (χ0) is 23.9. The summed E-state index contributed by atoms with van der Waals surface area (Å²) in [5, 5.41) is 0.412. The number of amidine groups is 1. The maximum absolute atomic E-state index is 15.6. The average molecular weight is 484 g/mol. The second-order valence-corrected chi connectivity index (χ2v) is 8.75. The van der Waals surface area contributed by atoms with Crippen LogP contribution in [0.25, 0.3) is 0 Å². The fourth-order valence-electron chi connectivity index (χ4n) is 4.39. The zero-order valence-corrected chi connectivity index (χ0v) is 18.6. The fourth-order valence-corrected chi connectivity index (χ4v) is 4.51. The summed E-state index contributed by atoms with van der Waals surface area (Å²) in [5.41, 5.74) is 5.47. The Kier molecular flexibility index (Phi) is 5.48. The number of benzene rings is 2. The molecule has 2 N–H and O–H groups in total. The largest absolute Gasteiger partial charge is 0.485 e. The van der Waals surface area contributed by atoms with Crippen molar-refractivity contribution in [2.75, 3.05) is 6.61 Å². The number of halogens is 3. The van der Waals surface area contributed by atoms with Gasteiger partial charge in [-0.1, -0.05) is 48.0 Å². The van der Waals surface area contributed by atoms with Crippen molar-refractivity contribution in [1.82, 2.24) is 4.98 Å². The van der Waals surface area contributed by atoms with Gasteiger partial charge < -0.3 is 15.2 Å². The Balaban J connectivity index is 1.57. The lowest BCUT2D eigenvalue weighted by Gasteiger charge is -2.45. The lowest BCUT2D eigenvalue weighted by Crippen LogP contribution is -2.55. The van der Waals surface area contributed by atoms with Crippen LogP contribution in [0, 0.1) is 0 Å². The number of fused-ring (bicyclic) bond motifs is 2. The Bertz CT molecular complexity index is 1270. The molecule has 1 aromatic heterocycles. The topological polar surface area (TPSA) is 86.8 Å². The number of nitrogens with zero attached hydrogens (tertiary/aromatic N) is 2. The van der Waals surface area contributed by atoms with Crippen LogP contribution in [0.4, 0.5) is 8.78 Å². The number of carbonyl (C=O) groups excluding carboxylic acids is 1. The fraction of sp³-hybridized carbons (Fsp3) is 0.240. The number of hydrogen-bond donors (Lipinski definition) is 1. The molecular formula is C25H20ClF2N3O3. The lowest BCUT2D eigenvalue weighted by atomic mass is 9.75. The van der Waals surface area contributed by atoms with Crippen molar-refractivity contribution in [2.24, 2.45) is 10.7 Å². The third kappa shape index (κ3) is 3.88. The summed E-state index contributed by atoms with van der Waals surface area (Å²) in [6.07, 6.45) is 0.535. The van der Waals surface area contributed by atoms with Gasteiger partial charge in [0.1, 0.15) is 17.5 Å². The number of Topliss-reactive ketones (excluding diaryl/α,β-unsaturated/α-hetero) is 1. The van der Waals surface area contributed by atoms with Gasteiger partial charge in [0.05, 0.1) is 5.02 Å². The average Bonchev–Trinajstić information content (AvgIpc) is 2.83. The van der Waals surface area contributed by atoms with E-state index in [2.05, 4.69) is 9.98 Å². The van der Waals surface area contributed by atoms with Gasteiger partial charge in [-0.2, -0.15) is 8.78 Å². The molecule has 2 atom stereocenters. The summed E-state index contributed by atoms with van der Waals surface area (Å²) in [7, 11) is 0.